The lowest BCUT2D eigenvalue weighted by atomic mass is 10.0. The summed E-state index contributed by atoms with van der Waals surface area (Å²) in [6.45, 7) is 2.21. The molecule has 2 aromatic carbocycles. The third kappa shape index (κ3) is 12.5. The van der Waals surface area contributed by atoms with Gasteiger partial charge < -0.3 is 40.7 Å². The topological polar surface area (TPSA) is 218 Å². The second-order valence-electron chi connectivity index (χ2n) is 9.44. The molecule has 0 aliphatic rings. The molecule has 0 aromatic heterocycles. The largest absolute Gasteiger partial charge is 0.481 e. The molecule has 2 atom stereocenters. The highest BCUT2D eigenvalue weighted by Gasteiger charge is 2.30. The number of carboxylic acids is 3. The maximum absolute atomic E-state index is 13.1. The number of alkyl carbamates (subject to hydrolysis) is 1. The van der Waals surface area contributed by atoms with E-state index in [4.69, 9.17) is 19.7 Å². The number of carbonyl (C=O) groups excluding carboxylic acids is 3. The molecule has 2 rings (SSSR count). The van der Waals surface area contributed by atoms with E-state index in [0.717, 1.165) is 12.8 Å². The molecule has 2 aromatic rings. The average Bonchev–Trinajstić information content (AvgIpc) is 2.97. The smallest absolute Gasteiger partial charge is 0.408 e. The van der Waals surface area contributed by atoms with Crippen molar-refractivity contribution < 1.29 is 53.6 Å². The summed E-state index contributed by atoms with van der Waals surface area (Å²) in [6, 6.07) is 11.5. The number of rotatable bonds is 18. The molecule has 0 aliphatic heterocycles. The molecule has 0 spiro atoms. The van der Waals surface area contributed by atoms with Gasteiger partial charge in [0.05, 0.1) is 6.42 Å². The predicted molar refractivity (Wildman–Crippen MR) is 150 cm³/mol. The number of ether oxygens (including phenoxy) is 2. The third-order valence-corrected chi connectivity index (χ3v) is 5.98. The fraction of sp³-hybridized carbons (Fsp3) is 0.379. The lowest BCUT2D eigenvalue weighted by Crippen LogP contribution is -2.55. The van der Waals surface area contributed by atoms with Crippen molar-refractivity contribution in [2.75, 3.05) is 6.54 Å². The zero-order chi connectivity index (χ0) is 31.8. The van der Waals surface area contributed by atoms with Gasteiger partial charge in [0.15, 0.2) is 0 Å². The summed E-state index contributed by atoms with van der Waals surface area (Å²) in [4.78, 5) is 72.1. The number of aliphatic carboxylic acids is 3. The Hall–Kier alpha value is -5.14. The van der Waals surface area contributed by atoms with Crippen LogP contribution in [0.4, 0.5) is 4.79 Å². The molecule has 0 heterocycles. The van der Waals surface area contributed by atoms with Gasteiger partial charge in [0, 0.05) is 13.0 Å². The van der Waals surface area contributed by atoms with Crippen LogP contribution in [0.25, 0.3) is 0 Å². The van der Waals surface area contributed by atoms with Crippen molar-refractivity contribution in [1.29, 1.82) is 0 Å². The molecule has 43 heavy (non-hydrogen) atoms. The lowest BCUT2D eigenvalue weighted by molar-refractivity contribution is -0.159. The van der Waals surface area contributed by atoms with E-state index in [1.165, 1.54) is 24.3 Å². The Morgan fingerprint density at radius 2 is 1.42 bits per heavy atom. The summed E-state index contributed by atoms with van der Waals surface area (Å²) >= 11 is 0. The molecule has 14 nitrogen and oxygen atoms in total. The van der Waals surface area contributed by atoms with Crippen LogP contribution in [0.3, 0.4) is 0 Å². The van der Waals surface area contributed by atoms with Crippen LogP contribution in [0, 0.1) is 0 Å². The molecule has 232 valence electrons. The van der Waals surface area contributed by atoms with Gasteiger partial charge in [-0.3, -0.25) is 14.4 Å². The van der Waals surface area contributed by atoms with E-state index < -0.39 is 60.4 Å². The number of hydrogen-bond acceptors (Lipinski definition) is 8. The fourth-order valence-electron chi connectivity index (χ4n) is 3.76. The highest BCUT2D eigenvalue weighted by Crippen LogP contribution is 2.16. The Balaban J connectivity index is 2.15. The van der Waals surface area contributed by atoms with Gasteiger partial charge in [-0.25, -0.2) is 14.4 Å². The normalized spacial score (nSPS) is 12.0. The molecule has 3 amide bonds. The standard InChI is InChI=1S/C29H35N3O11/c1-2-3-7-14-30-25(35)21(15-18-10-12-20(13-11-18)43-24(27(37)38)28(39)40)31-26(36)22(16-23(33)34)32-29(41)42-17-19-8-5-4-6-9-19/h4-6,8-13,21-22,24H,2-3,7,14-17H2,1H3,(H,30,35)(H,31,36)(H,32,41)(H,33,34)(H,37,38)(H,39,40)/t21-,22?/m0/s1. The van der Waals surface area contributed by atoms with Crippen LogP contribution in [0.1, 0.15) is 43.7 Å². The first kappa shape index (κ1) is 34.1. The Morgan fingerprint density at radius 1 is 0.767 bits per heavy atom. The van der Waals surface area contributed by atoms with Crippen molar-refractivity contribution in [3.05, 3.63) is 65.7 Å². The van der Waals surface area contributed by atoms with Crippen molar-refractivity contribution in [3.8, 4) is 5.75 Å². The molecule has 0 aliphatic carbocycles. The lowest BCUT2D eigenvalue weighted by Gasteiger charge is -2.22. The summed E-state index contributed by atoms with van der Waals surface area (Å²) in [5, 5.41) is 34.8. The fourth-order valence-corrected chi connectivity index (χ4v) is 3.76. The molecule has 1 unspecified atom stereocenters. The number of carboxylic acid groups (broad SMARTS) is 3. The van der Waals surface area contributed by atoms with Gasteiger partial charge in [-0.15, -0.1) is 0 Å². The van der Waals surface area contributed by atoms with Gasteiger partial charge in [0.1, 0.15) is 24.4 Å². The molecular weight excluding hydrogens is 566 g/mol. The first-order valence-electron chi connectivity index (χ1n) is 13.5. The predicted octanol–water partition coefficient (Wildman–Crippen LogP) is 1.71. The van der Waals surface area contributed by atoms with Gasteiger partial charge in [-0.05, 0) is 29.7 Å². The Morgan fingerprint density at radius 3 is 2.00 bits per heavy atom. The maximum atomic E-state index is 13.1. The molecule has 0 saturated carbocycles. The van der Waals surface area contributed by atoms with E-state index >= 15 is 0 Å². The molecule has 14 heteroatoms. The van der Waals surface area contributed by atoms with Gasteiger partial charge in [0.25, 0.3) is 6.10 Å². The van der Waals surface area contributed by atoms with Crippen molar-refractivity contribution in [1.82, 2.24) is 16.0 Å². The van der Waals surface area contributed by atoms with E-state index in [1.807, 2.05) is 6.92 Å². The van der Waals surface area contributed by atoms with Crippen LogP contribution in [-0.2, 0) is 41.7 Å². The summed E-state index contributed by atoms with van der Waals surface area (Å²) < 4.78 is 10.1. The molecular formula is C29H35N3O11. The van der Waals surface area contributed by atoms with Gasteiger partial charge in [-0.2, -0.15) is 0 Å². The minimum Gasteiger partial charge on any atom is -0.481 e. The number of nitrogens with one attached hydrogen (secondary N) is 3. The molecule has 0 bridgehead atoms. The summed E-state index contributed by atoms with van der Waals surface area (Å²) in [5.41, 5.74) is 1.16. The van der Waals surface area contributed by atoms with Gasteiger partial charge in [-0.1, -0.05) is 62.2 Å². The summed E-state index contributed by atoms with van der Waals surface area (Å²) in [7, 11) is 0. The van der Waals surface area contributed by atoms with Crippen LogP contribution in [0.15, 0.2) is 54.6 Å². The molecule has 0 fully saturated rings. The minimum atomic E-state index is -2.12. The third-order valence-electron chi connectivity index (χ3n) is 5.98. The highest BCUT2D eigenvalue weighted by atomic mass is 16.5. The van der Waals surface area contributed by atoms with Gasteiger partial charge in [0.2, 0.25) is 11.8 Å². The number of carbonyl (C=O) groups is 6. The number of unbranched alkanes of at least 4 members (excludes halogenated alkanes) is 2. The van der Waals surface area contributed by atoms with Crippen molar-refractivity contribution in [2.45, 2.75) is 63.8 Å². The molecule has 0 saturated heterocycles. The second-order valence-corrected chi connectivity index (χ2v) is 9.44. The highest BCUT2D eigenvalue weighted by molar-refractivity contribution is 5.96. The Labute approximate surface area is 247 Å². The first-order chi connectivity index (χ1) is 20.5. The van der Waals surface area contributed by atoms with Gasteiger partial charge >= 0.3 is 24.0 Å². The van der Waals surface area contributed by atoms with Crippen molar-refractivity contribution in [2.24, 2.45) is 0 Å². The van der Waals surface area contributed by atoms with E-state index in [1.54, 1.807) is 30.3 Å². The van der Waals surface area contributed by atoms with Crippen molar-refractivity contribution >= 4 is 35.8 Å². The maximum Gasteiger partial charge on any atom is 0.408 e. The minimum absolute atomic E-state index is 0.0529. The quantitative estimate of drug-likeness (QED) is 0.107. The Kier molecular flexibility index (Phi) is 14.0. The van der Waals surface area contributed by atoms with Crippen molar-refractivity contribution in [3.63, 3.8) is 0 Å². The van der Waals surface area contributed by atoms with E-state index in [2.05, 4.69) is 16.0 Å². The summed E-state index contributed by atoms with van der Waals surface area (Å²) in [6.07, 6.45) is -1.53. The number of amides is 3. The zero-order valence-electron chi connectivity index (χ0n) is 23.5. The first-order valence-corrected chi connectivity index (χ1v) is 13.5. The van der Waals surface area contributed by atoms with Crippen LogP contribution < -0.4 is 20.7 Å². The average molecular weight is 602 g/mol. The SMILES string of the molecule is CCCCCNC(=O)[C@H](Cc1ccc(OC(C(=O)O)C(=O)O)cc1)NC(=O)C(CC(=O)O)NC(=O)OCc1ccccc1. The number of hydrogen-bond donors (Lipinski definition) is 6. The van der Waals surface area contributed by atoms with E-state index in [0.29, 0.717) is 24.1 Å². The van der Waals surface area contributed by atoms with Crippen LogP contribution in [-0.4, -0.2) is 75.9 Å². The van der Waals surface area contributed by atoms with Crippen LogP contribution in [0.2, 0.25) is 0 Å². The molecule has 0 radical (unpaired) electrons. The molecule has 6 N–H and O–H groups in total. The zero-order valence-corrected chi connectivity index (χ0v) is 23.5. The van der Waals surface area contributed by atoms with Crippen LogP contribution >= 0.6 is 0 Å². The Bertz CT molecular complexity index is 1240. The van der Waals surface area contributed by atoms with Crippen LogP contribution in [0.5, 0.6) is 5.75 Å². The van der Waals surface area contributed by atoms with E-state index in [9.17, 15) is 33.9 Å². The summed E-state index contributed by atoms with van der Waals surface area (Å²) in [5.74, 6) is -6.29. The monoisotopic (exact) mass is 601 g/mol. The second kappa shape index (κ2) is 17.6. The van der Waals surface area contributed by atoms with E-state index in [-0.39, 0.29) is 18.8 Å². The number of benzene rings is 2.